The maximum Gasteiger partial charge on any atom is 0.242 e. The molecule has 0 aliphatic carbocycles. The molecule has 0 spiro atoms. The van der Waals surface area contributed by atoms with Gasteiger partial charge in [0.1, 0.15) is 12.1 Å². The van der Waals surface area contributed by atoms with Gasteiger partial charge in [-0.3, -0.25) is 115 Å². The summed E-state index contributed by atoms with van der Waals surface area (Å²) in [7, 11) is 0. The molecule has 0 rings (SSSR count). The predicted molar refractivity (Wildman–Crippen MR) is 482 cm³/mol. The van der Waals surface area contributed by atoms with Crippen LogP contribution in [0, 0.1) is 78.8 Å². The number of thioether (sulfide) groups is 1. The van der Waals surface area contributed by atoms with Crippen molar-refractivity contribution in [3.05, 3.63) is 0 Å². The minimum atomic E-state index is -1.47. The van der Waals surface area contributed by atoms with Crippen LogP contribution in [-0.4, -0.2) is 254 Å². The fourth-order valence-electron chi connectivity index (χ4n) is 13.0. The lowest BCUT2D eigenvalue weighted by atomic mass is 9.88. The first kappa shape index (κ1) is 114. The summed E-state index contributed by atoms with van der Waals surface area (Å²) in [6.07, 6.45) is -1.84. The minimum absolute atomic E-state index is 0.000550. The predicted octanol–water partition coefficient (Wildman–Crippen LogP) is -6.31. The van der Waals surface area contributed by atoms with Crippen LogP contribution >= 0.6 is 24.4 Å². The summed E-state index contributed by atoms with van der Waals surface area (Å²) in [5.74, 6) is -20.0. The Balaban J connectivity index is 7.75. The Morgan fingerprint density at radius 1 is 0.317 bits per heavy atom. The Hall–Kier alpha value is -11.9. The SMILES string of the molecule is CSC[C@H](CC(=O)CNC(=O)[C@H](CC(C)C)NC(C)=O)C(=O)N[C@@H](C)C(=O)CCC(=O)N[C@H](CCCNC(=N)N)C(=O)C[C@H](CCCNC(=N)N)C(=O)N[C@H](CCCNC(=N)N)C(=O)C[C@H](CCCNC(=N)N)C(=O)N[C@H](CCCNC(=N)N)C(=O)C[C@H](CCCNC(=N)N)C(=O)N[C@H](CCCNC(=N)N)C(=O)C[C@H](CCCNC(=N)N)C(=O)N[C@H](CS)C(N)=O. The summed E-state index contributed by atoms with van der Waals surface area (Å²) >= 11 is 5.37. The molecule has 0 heterocycles. The van der Waals surface area contributed by atoms with Crippen LogP contribution in [0.4, 0.5) is 0 Å². The van der Waals surface area contributed by atoms with Crippen molar-refractivity contribution in [3.63, 3.8) is 0 Å². The zero-order chi connectivity index (χ0) is 95.6. The largest absolute Gasteiger partial charge is 0.370 e. The second-order valence-electron chi connectivity index (χ2n) is 31.0. The van der Waals surface area contributed by atoms with E-state index in [0.717, 1.165) is 0 Å². The van der Waals surface area contributed by atoms with E-state index in [1.54, 1.807) is 6.26 Å². The quantitative estimate of drug-likeness (QED) is 0.0117. The molecule has 42 N–H and O–H groups in total. The molecule has 12 atom stereocenters. The van der Waals surface area contributed by atoms with Gasteiger partial charge in [-0.15, -0.1) is 0 Å². The first-order valence-corrected chi connectivity index (χ1v) is 43.9. The summed E-state index contributed by atoms with van der Waals surface area (Å²) in [6, 6.07) is -8.97. The van der Waals surface area contributed by atoms with Crippen molar-refractivity contribution < 1.29 is 71.9 Å². The maximum atomic E-state index is 15.2. The van der Waals surface area contributed by atoms with E-state index in [1.165, 1.54) is 25.6 Å². The van der Waals surface area contributed by atoms with Crippen LogP contribution in [0.1, 0.15) is 182 Å². The maximum absolute atomic E-state index is 15.2. The van der Waals surface area contributed by atoms with E-state index >= 15 is 14.4 Å². The molecule has 9 amide bonds. The highest BCUT2D eigenvalue weighted by atomic mass is 32.2. The average molecular weight is 1820 g/mol. The minimum Gasteiger partial charge on any atom is -0.370 e. The van der Waals surface area contributed by atoms with E-state index in [2.05, 4.69) is 97.7 Å². The lowest BCUT2D eigenvalue weighted by Crippen LogP contribution is -2.50. The van der Waals surface area contributed by atoms with E-state index in [0.29, 0.717) is 6.42 Å². The first-order valence-electron chi connectivity index (χ1n) is 41.8. The van der Waals surface area contributed by atoms with Crippen molar-refractivity contribution in [2.75, 3.05) is 76.7 Å². The van der Waals surface area contributed by atoms with Crippen LogP contribution in [0.25, 0.3) is 0 Å². The number of guanidine groups is 8. The monoisotopic (exact) mass is 1820 g/mol. The van der Waals surface area contributed by atoms with Gasteiger partial charge in [-0.25, -0.2) is 0 Å². The smallest absolute Gasteiger partial charge is 0.242 e. The van der Waals surface area contributed by atoms with Crippen molar-refractivity contribution in [1.82, 2.24) is 85.1 Å². The van der Waals surface area contributed by atoms with Gasteiger partial charge >= 0.3 is 0 Å². The van der Waals surface area contributed by atoms with Gasteiger partial charge in [0.15, 0.2) is 82.4 Å². The lowest BCUT2D eigenvalue weighted by molar-refractivity contribution is -0.136. The number of Topliss-reactive ketones (excluding diaryl/α,β-unsaturated/α-hetero) is 6. The standard InChI is InChI=1S/C76H141N33O15S2/c1-41(2)32-54(104-43(4)110)68(124)102-38-49(111)33-48(40-126-5)67(123)103-42(3)56(112)22-23-61(117)105-50(18-10-28-98-73(86)87)57(113)34-44(14-6-24-94-69(78)79)63(119)106-51(19-11-29-99-74(88)89)58(114)35-45(15-7-25-95-70(80)81)64(120)107-52(20-12-30-100-75(90)91)59(115)36-46(16-8-26-96-71(82)83)65(121)108-53(21-13-31-101-76(92)93)60(116)37-47(17-9-27-97-72(84)85)66(122)109-55(39-125)62(77)118/h41-42,44-48,50-55,125H,6-40H2,1-5H3,(H2,77,118)(H,102,124)(H,103,123)(H,104,110)(H,105,117)(H,106,119)(H,107,120)(H,108,121)(H,109,122)(H4,78,79,94)(H4,80,81,95)(H4,82,83,96)(H4,84,85,97)(H4,86,87,98)(H4,88,89,99)(H4,90,91,100)(H4,92,93,101)/t42-,44-,45-,46-,47-,48-,50+,51+,52+,53+,54-,55+/m0/s1. The normalized spacial score (nSPS) is 13.7. The molecule has 126 heavy (non-hydrogen) atoms. The Morgan fingerprint density at radius 2 is 0.595 bits per heavy atom. The molecule has 0 bridgehead atoms. The summed E-state index contributed by atoms with van der Waals surface area (Å²) in [5, 5.41) is 104. The molecule has 0 aromatic heterocycles. The second kappa shape index (κ2) is 64.8. The fourth-order valence-corrected chi connectivity index (χ4v) is 14.0. The molecular formula is C76H141N33O15S2. The molecule has 0 aromatic rings. The van der Waals surface area contributed by atoms with Gasteiger partial charge in [0, 0.05) is 139 Å². The zero-order valence-electron chi connectivity index (χ0n) is 72.9. The van der Waals surface area contributed by atoms with Crippen LogP contribution in [0.15, 0.2) is 0 Å². The highest BCUT2D eigenvalue weighted by Gasteiger charge is 2.37. The third kappa shape index (κ3) is 54.7. The average Bonchev–Trinajstić information content (AvgIpc) is 0.594. The molecule has 50 heteroatoms. The number of amides is 9. The zero-order valence-corrected chi connectivity index (χ0v) is 74.6. The number of thiol groups is 1. The van der Waals surface area contributed by atoms with Crippen LogP contribution in [0.5, 0.6) is 0 Å². The lowest BCUT2D eigenvalue weighted by Gasteiger charge is -2.27. The molecule has 0 aliphatic heterocycles. The molecule has 0 saturated heterocycles. The Kier molecular flexibility index (Phi) is 58.7. The van der Waals surface area contributed by atoms with Crippen LogP contribution in [0.3, 0.4) is 0 Å². The van der Waals surface area contributed by atoms with Crippen LogP contribution in [0.2, 0.25) is 0 Å². The van der Waals surface area contributed by atoms with Gasteiger partial charge in [0.25, 0.3) is 0 Å². The number of hydrogen-bond donors (Lipinski definition) is 34. The van der Waals surface area contributed by atoms with E-state index in [-0.39, 0.29) is 185 Å². The molecule has 48 nitrogen and oxygen atoms in total. The van der Waals surface area contributed by atoms with Gasteiger partial charge in [0.05, 0.1) is 42.7 Å². The van der Waals surface area contributed by atoms with Gasteiger partial charge in [-0.2, -0.15) is 24.4 Å². The molecule has 0 unspecified atom stereocenters. The molecular weight excluding hydrogens is 1680 g/mol. The Labute approximate surface area is 744 Å². The van der Waals surface area contributed by atoms with Crippen molar-refractivity contribution in [2.45, 2.75) is 224 Å². The third-order valence-electron chi connectivity index (χ3n) is 19.6. The number of rotatable bonds is 71. The van der Waals surface area contributed by atoms with E-state index < -0.39 is 247 Å². The first-order chi connectivity index (χ1) is 59.3. The molecule has 0 radical (unpaired) electrons. The highest BCUT2D eigenvalue weighted by molar-refractivity contribution is 7.98. The number of primary amides is 1. The molecule has 0 aliphatic rings. The fraction of sp³-hybridized carbons (Fsp3) is 0.697. The van der Waals surface area contributed by atoms with E-state index in [1.807, 2.05) is 13.8 Å². The van der Waals surface area contributed by atoms with Gasteiger partial charge in [-0.1, -0.05) is 13.8 Å². The summed E-state index contributed by atoms with van der Waals surface area (Å²) in [4.78, 5) is 210. The van der Waals surface area contributed by atoms with Gasteiger partial charge < -0.3 is 137 Å². The highest BCUT2D eigenvalue weighted by Crippen LogP contribution is 2.24. The van der Waals surface area contributed by atoms with Crippen molar-refractivity contribution >= 4 is 160 Å². The van der Waals surface area contributed by atoms with E-state index in [4.69, 9.17) is 94.9 Å². The van der Waals surface area contributed by atoms with Gasteiger partial charge in [0.2, 0.25) is 53.2 Å². The Morgan fingerprint density at radius 3 is 0.857 bits per heavy atom. The number of hydrogen-bond acceptors (Lipinski definition) is 25. The topological polar surface area (TPSA) is 874 Å². The summed E-state index contributed by atoms with van der Waals surface area (Å²) < 4.78 is 0. The third-order valence-corrected chi connectivity index (χ3v) is 20.7. The number of carbonyl (C=O) groups excluding carboxylic acids is 15. The summed E-state index contributed by atoms with van der Waals surface area (Å²) in [5.41, 5.74) is 50.1. The second-order valence-corrected chi connectivity index (χ2v) is 32.2. The molecule has 0 saturated carbocycles. The number of nitrogens with one attached hydrogen (secondary N) is 24. The van der Waals surface area contributed by atoms with Gasteiger partial charge in [-0.05, 0) is 128 Å². The summed E-state index contributed by atoms with van der Waals surface area (Å²) in [6.45, 7) is 6.12. The Bertz CT molecular complexity index is 3670. The van der Waals surface area contributed by atoms with Crippen LogP contribution in [-0.2, 0) is 71.9 Å². The number of ketones is 6. The van der Waals surface area contributed by atoms with Crippen molar-refractivity contribution in [1.29, 1.82) is 43.3 Å². The van der Waals surface area contributed by atoms with Crippen LogP contribution < -0.4 is 137 Å². The number of nitrogens with two attached hydrogens (primary N) is 9. The van der Waals surface area contributed by atoms with Crippen molar-refractivity contribution in [3.8, 4) is 0 Å². The number of carbonyl (C=O) groups is 15. The van der Waals surface area contributed by atoms with Crippen molar-refractivity contribution in [2.24, 2.45) is 87.1 Å². The molecule has 0 aromatic carbocycles. The van der Waals surface area contributed by atoms with E-state index in [9.17, 15) is 57.5 Å². The molecule has 712 valence electrons. The molecule has 0 fully saturated rings.